The SMILES string of the molecule is Cc1ccc(C(=O)CCC(=O)Nc2ccc(Br)cc2F)cc1. The molecule has 0 aromatic heterocycles. The third-order valence-electron chi connectivity index (χ3n) is 3.16. The molecule has 0 saturated carbocycles. The molecule has 0 bridgehead atoms. The summed E-state index contributed by atoms with van der Waals surface area (Å²) < 4.78 is 14.2. The van der Waals surface area contributed by atoms with Gasteiger partial charge in [-0.25, -0.2) is 4.39 Å². The second-order valence-corrected chi connectivity index (χ2v) is 5.88. The highest BCUT2D eigenvalue weighted by Gasteiger charge is 2.11. The van der Waals surface area contributed by atoms with Gasteiger partial charge in [-0.15, -0.1) is 0 Å². The molecular weight excluding hydrogens is 349 g/mol. The van der Waals surface area contributed by atoms with Gasteiger partial charge in [-0.1, -0.05) is 45.8 Å². The number of hydrogen-bond acceptors (Lipinski definition) is 2. The molecule has 114 valence electrons. The summed E-state index contributed by atoms with van der Waals surface area (Å²) in [7, 11) is 0. The van der Waals surface area contributed by atoms with Crippen LogP contribution in [0.3, 0.4) is 0 Å². The molecule has 0 unspecified atom stereocenters. The Bertz CT molecular complexity index is 698. The number of aryl methyl sites for hydroxylation is 1. The van der Waals surface area contributed by atoms with Crippen LogP contribution in [-0.2, 0) is 4.79 Å². The molecule has 2 aromatic rings. The Labute approximate surface area is 136 Å². The molecule has 0 heterocycles. The summed E-state index contributed by atoms with van der Waals surface area (Å²) in [6.45, 7) is 1.94. The molecule has 0 spiro atoms. The maximum absolute atomic E-state index is 13.6. The highest BCUT2D eigenvalue weighted by Crippen LogP contribution is 2.19. The number of anilines is 1. The number of ketones is 1. The summed E-state index contributed by atoms with van der Waals surface area (Å²) in [5.74, 6) is -1.01. The lowest BCUT2D eigenvalue weighted by molar-refractivity contribution is -0.116. The molecule has 1 N–H and O–H groups in total. The van der Waals surface area contributed by atoms with E-state index in [9.17, 15) is 14.0 Å². The summed E-state index contributed by atoms with van der Waals surface area (Å²) in [4.78, 5) is 23.8. The number of amides is 1. The van der Waals surface area contributed by atoms with Gasteiger partial charge < -0.3 is 5.32 Å². The lowest BCUT2D eigenvalue weighted by Crippen LogP contribution is -2.14. The monoisotopic (exact) mass is 363 g/mol. The van der Waals surface area contributed by atoms with E-state index in [0.29, 0.717) is 10.0 Å². The minimum Gasteiger partial charge on any atom is -0.324 e. The highest BCUT2D eigenvalue weighted by atomic mass is 79.9. The molecule has 0 atom stereocenters. The summed E-state index contributed by atoms with van der Waals surface area (Å²) in [6, 6.07) is 11.6. The number of carbonyl (C=O) groups excluding carboxylic acids is 2. The van der Waals surface area contributed by atoms with Crippen LogP contribution in [0, 0.1) is 12.7 Å². The fraction of sp³-hybridized carbons (Fsp3) is 0.176. The normalized spacial score (nSPS) is 10.3. The topological polar surface area (TPSA) is 46.2 Å². The lowest BCUT2D eigenvalue weighted by atomic mass is 10.0. The molecule has 0 saturated heterocycles. The van der Waals surface area contributed by atoms with Crippen molar-refractivity contribution in [1.82, 2.24) is 0 Å². The Kier molecular flexibility index (Phi) is 5.44. The largest absolute Gasteiger partial charge is 0.324 e. The Balaban J connectivity index is 1.89. The molecule has 0 aliphatic carbocycles. The first-order valence-electron chi connectivity index (χ1n) is 6.80. The number of halogens is 2. The molecule has 0 radical (unpaired) electrons. The average molecular weight is 364 g/mol. The fourth-order valence-corrected chi connectivity index (χ4v) is 2.25. The molecule has 2 rings (SSSR count). The van der Waals surface area contributed by atoms with Crippen LogP contribution in [0.5, 0.6) is 0 Å². The number of Topliss-reactive ketones (excluding diaryl/α,β-unsaturated/α-hetero) is 1. The molecule has 0 fully saturated rings. The summed E-state index contributed by atoms with van der Waals surface area (Å²) in [6.07, 6.45) is 0.106. The van der Waals surface area contributed by atoms with E-state index in [-0.39, 0.29) is 30.2 Å². The van der Waals surface area contributed by atoms with Crippen molar-refractivity contribution in [2.75, 3.05) is 5.32 Å². The quantitative estimate of drug-likeness (QED) is 0.795. The van der Waals surface area contributed by atoms with E-state index in [1.165, 1.54) is 12.1 Å². The van der Waals surface area contributed by atoms with Gasteiger partial charge in [0.1, 0.15) is 5.82 Å². The van der Waals surface area contributed by atoms with Gasteiger partial charge in [0, 0.05) is 22.9 Å². The van der Waals surface area contributed by atoms with Crippen molar-refractivity contribution in [3.63, 3.8) is 0 Å². The minimum absolute atomic E-state index is 0.0161. The third-order valence-corrected chi connectivity index (χ3v) is 3.65. The first kappa shape index (κ1) is 16.4. The number of benzene rings is 2. The van der Waals surface area contributed by atoms with E-state index < -0.39 is 5.82 Å². The van der Waals surface area contributed by atoms with Crippen LogP contribution in [0.1, 0.15) is 28.8 Å². The van der Waals surface area contributed by atoms with Gasteiger partial charge in [-0.05, 0) is 25.1 Å². The van der Waals surface area contributed by atoms with Crippen LogP contribution in [-0.4, -0.2) is 11.7 Å². The maximum atomic E-state index is 13.6. The van der Waals surface area contributed by atoms with Crippen molar-refractivity contribution in [3.05, 3.63) is 63.9 Å². The van der Waals surface area contributed by atoms with Gasteiger partial charge in [0.15, 0.2) is 5.78 Å². The molecule has 0 aliphatic rings. The zero-order chi connectivity index (χ0) is 16.1. The summed E-state index contributed by atoms with van der Waals surface area (Å²) in [5, 5.41) is 2.47. The maximum Gasteiger partial charge on any atom is 0.224 e. The molecule has 1 amide bonds. The van der Waals surface area contributed by atoms with Crippen LogP contribution >= 0.6 is 15.9 Å². The van der Waals surface area contributed by atoms with E-state index in [1.807, 2.05) is 19.1 Å². The van der Waals surface area contributed by atoms with Crippen molar-refractivity contribution >= 4 is 33.3 Å². The molecule has 2 aromatic carbocycles. The summed E-state index contributed by atoms with van der Waals surface area (Å²) >= 11 is 3.15. The second kappa shape index (κ2) is 7.31. The van der Waals surface area contributed by atoms with Crippen molar-refractivity contribution in [2.45, 2.75) is 19.8 Å². The van der Waals surface area contributed by atoms with E-state index >= 15 is 0 Å². The smallest absolute Gasteiger partial charge is 0.224 e. The minimum atomic E-state index is -0.521. The first-order chi connectivity index (χ1) is 10.5. The molecule has 22 heavy (non-hydrogen) atoms. The highest BCUT2D eigenvalue weighted by molar-refractivity contribution is 9.10. The zero-order valence-electron chi connectivity index (χ0n) is 12.0. The van der Waals surface area contributed by atoms with Gasteiger partial charge >= 0.3 is 0 Å². The summed E-state index contributed by atoms with van der Waals surface area (Å²) in [5.41, 5.74) is 1.75. The van der Waals surface area contributed by atoms with E-state index in [2.05, 4.69) is 21.2 Å². The third kappa shape index (κ3) is 4.49. The Morgan fingerprint density at radius 2 is 1.77 bits per heavy atom. The Morgan fingerprint density at radius 1 is 1.09 bits per heavy atom. The van der Waals surface area contributed by atoms with Gasteiger partial charge in [0.05, 0.1) is 5.69 Å². The van der Waals surface area contributed by atoms with Crippen molar-refractivity contribution in [1.29, 1.82) is 0 Å². The fourth-order valence-electron chi connectivity index (χ4n) is 1.91. The predicted molar refractivity (Wildman–Crippen MR) is 87.5 cm³/mol. The number of carbonyl (C=O) groups is 2. The second-order valence-electron chi connectivity index (χ2n) is 4.96. The van der Waals surface area contributed by atoms with Gasteiger partial charge in [-0.3, -0.25) is 9.59 Å². The van der Waals surface area contributed by atoms with Crippen LogP contribution in [0.15, 0.2) is 46.9 Å². The van der Waals surface area contributed by atoms with Gasteiger partial charge in [-0.2, -0.15) is 0 Å². The van der Waals surface area contributed by atoms with Gasteiger partial charge in [0.25, 0.3) is 0 Å². The van der Waals surface area contributed by atoms with Crippen LogP contribution in [0.4, 0.5) is 10.1 Å². The lowest BCUT2D eigenvalue weighted by Gasteiger charge is -2.06. The van der Waals surface area contributed by atoms with Gasteiger partial charge in [0.2, 0.25) is 5.91 Å². The van der Waals surface area contributed by atoms with Crippen LogP contribution in [0.25, 0.3) is 0 Å². The predicted octanol–water partition coefficient (Wildman–Crippen LogP) is 4.50. The molecule has 3 nitrogen and oxygen atoms in total. The standard InChI is InChI=1S/C17H15BrFNO2/c1-11-2-4-12(5-3-11)16(21)8-9-17(22)20-15-7-6-13(18)10-14(15)19/h2-7,10H,8-9H2,1H3,(H,20,22). The number of nitrogens with one attached hydrogen (secondary N) is 1. The number of rotatable bonds is 5. The average Bonchev–Trinajstić information content (AvgIpc) is 2.48. The van der Waals surface area contributed by atoms with E-state index in [4.69, 9.17) is 0 Å². The van der Waals surface area contributed by atoms with Crippen molar-refractivity contribution < 1.29 is 14.0 Å². The van der Waals surface area contributed by atoms with Crippen LogP contribution in [0.2, 0.25) is 0 Å². The molecule has 5 heteroatoms. The Hall–Kier alpha value is -2.01. The van der Waals surface area contributed by atoms with Crippen molar-refractivity contribution in [3.8, 4) is 0 Å². The van der Waals surface area contributed by atoms with E-state index in [1.54, 1.807) is 18.2 Å². The zero-order valence-corrected chi connectivity index (χ0v) is 13.6. The van der Waals surface area contributed by atoms with Crippen LogP contribution < -0.4 is 5.32 Å². The number of hydrogen-bond donors (Lipinski definition) is 1. The van der Waals surface area contributed by atoms with Crippen molar-refractivity contribution in [2.24, 2.45) is 0 Å². The first-order valence-corrected chi connectivity index (χ1v) is 7.60. The molecule has 0 aliphatic heterocycles. The van der Waals surface area contributed by atoms with E-state index in [0.717, 1.165) is 5.56 Å². The Morgan fingerprint density at radius 3 is 2.41 bits per heavy atom. The molecular formula is C17H15BrFNO2.